The van der Waals surface area contributed by atoms with Gasteiger partial charge in [0.05, 0.1) is 5.69 Å². The van der Waals surface area contributed by atoms with Crippen molar-refractivity contribution in [3.8, 4) is 0 Å². The Labute approximate surface area is 202 Å². The van der Waals surface area contributed by atoms with Gasteiger partial charge in [0.2, 0.25) is 15.9 Å². The van der Waals surface area contributed by atoms with E-state index < -0.39 is 16.1 Å². The zero-order valence-electron chi connectivity index (χ0n) is 19.5. The number of hydrogen-bond acceptors (Lipinski definition) is 7. The van der Waals surface area contributed by atoms with Crippen molar-refractivity contribution in [2.24, 2.45) is 17.6 Å². The van der Waals surface area contributed by atoms with Gasteiger partial charge in [-0.3, -0.25) is 4.79 Å². The van der Waals surface area contributed by atoms with Crippen LogP contribution in [0.2, 0.25) is 0 Å². The van der Waals surface area contributed by atoms with Crippen LogP contribution in [-0.4, -0.2) is 74.7 Å². The first-order chi connectivity index (χ1) is 15.9. The van der Waals surface area contributed by atoms with Gasteiger partial charge in [-0.25, -0.2) is 8.42 Å². The molecule has 1 aromatic carbocycles. The molecule has 1 unspecified atom stereocenters. The highest BCUT2D eigenvalue weighted by Gasteiger charge is 2.33. The second-order valence-corrected chi connectivity index (χ2v) is 12.0. The van der Waals surface area contributed by atoms with Crippen LogP contribution in [-0.2, 0) is 21.2 Å². The van der Waals surface area contributed by atoms with Crippen molar-refractivity contribution in [1.29, 1.82) is 0 Å². The summed E-state index contributed by atoms with van der Waals surface area (Å²) in [5, 5.41) is 12.5. The first kappa shape index (κ1) is 26.3. The molecule has 2 aliphatic heterocycles. The molecule has 186 valence electrons. The van der Waals surface area contributed by atoms with Crippen LogP contribution in [0, 0.1) is 11.8 Å². The lowest BCUT2D eigenvalue weighted by molar-refractivity contribution is -0.133. The van der Waals surface area contributed by atoms with Crippen molar-refractivity contribution in [3.63, 3.8) is 0 Å². The van der Waals surface area contributed by atoms with Crippen LogP contribution in [0.1, 0.15) is 38.2 Å². The normalized spacial score (nSPS) is 20.2. The summed E-state index contributed by atoms with van der Waals surface area (Å²) in [6, 6.07) is 4.50. The number of amides is 1. The number of nitrogens with two attached hydrogens (primary N) is 1. The molecule has 10 heteroatoms. The highest BCUT2D eigenvalue weighted by Crippen LogP contribution is 2.31. The number of sulfonamides is 1. The van der Waals surface area contributed by atoms with Crippen molar-refractivity contribution in [2.75, 3.05) is 49.6 Å². The summed E-state index contributed by atoms with van der Waals surface area (Å²) < 4.78 is 29.6. The maximum absolute atomic E-state index is 13.4. The van der Waals surface area contributed by atoms with Crippen molar-refractivity contribution in [1.82, 2.24) is 9.62 Å². The Kier molecular flexibility index (Phi) is 9.87. The van der Waals surface area contributed by atoms with E-state index in [1.807, 2.05) is 6.07 Å². The topological polar surface area (TPSA) is 125 Å². The predicted octanol–water partition coefficient (Wildman–Crippen LogP) is 1.64. The largest absolute Gasteiger partial charge is 0.396 e. The number of anilines is 1. The third-order valence-corrected chi connectivity index (χ3v) is 9.09. The molecule has 2 heterocycles. The van der Waals surface area contributed by atoms with Crippen LogP contribution in [0.15, 0.2) is 23.1 Å². The minimum Gasteiger partial charge on any atom is -0.396 e. The lowest BCUT2D eigenvalue weighted by atomic mass is 9.93. The van der Waals surface area contributed by atoms with Gasteiger partial charge in [0, 0.05) is 32.0 Å². The van der Waals surface area contributed by atoms with E-state index in [2.05, 4.69) is 17.0 Å². The van der Waals surface area contributed by atoms with E-state index >= 15 is 0 Å². The van der Waals surface area contributed by atoms with Gasteiger partial charge < -0.3 is 21.1 Å². The number of likely N-dealkylation sites (tertiary alicyclic amines) is 1. The Morgan fingerprint density at radius 1 is 1.36 bits per heavy atom. The second kappa shape index (κ2) is 12.4. The standard InChI is InChI=1S/C23H38N4O4S2/c1-17-14-19-4-2-5-21(22(19)25-15-17)33(30,31)26-20(16-32-13-3-9-24)23(29)27-10-6-18(7-11-27)8-12-28/h2,4-5,17-18,20,25-26,28H,3,6-16,24H2,1H3/t17?,20-/m0/s1. The molecular weight excluding hydrogens is 460 g/mol. The fourth-order valence-electron chi connectivity index (χ4n) is 4.53. The molecule has 2 atom stereocenters. The lowest BCUT2D eigenvalue weighted by Gasteiger charge is -2.34. The average molecular weight is 499 g/mol. The quantitative estimate of drug-likeness (QED) is 0.342. The van der Waals surface area contributed by atoms with Crippen LogP contribution in [0.4, 0.5) is 5.69 Å². The number of rotatable bonds is 11. The lowest BCUT2D eigenvalue weighted by Crippen LogP contribution is -2.52. The molecular formula is C23H38N4O4S2. The van der Waals surface area contributed by atoms with Gasteiger partial charge in [-0.2, -0.15) is 16.5 Å². The fraction of sp³-hybridized carbons (Fsp3) is 0.696. The van der Waals surface area contributed by atoms with Gasteiger partial charge in [0.15, 0.2) is 0 Å². The molecule has 1 saturated heterocycles. The smallest absolute Gasteiger partial charge is 0.243 e. The molecule has 33 heavy (non-hydrogen) atoms. The molecule has 0 spiro atoms. The van der Waals surface area contributed by atoms with E-state index in [0.717, 1.165) is 50.0 Å². The maximum Gasteiger partial charge on any atom is 0.243 e. The van der Waals surface area contributed by atoms with E-state index in [1.54, 1.807) is 28.8 Å². The number of hydrogen-bond donors (Lipinski definition) is 4. The molecule has 1 aromatic rings. The monoisotopic (exact) mass is 498 g/mol. The number of carbonyl (C=O) groups excluding carboxylic acids is 1. The zero-order chi connectivity index (χ0) is 23.8. The predicted molar refractivity (Wildman–Crippen MR) is 134 cm³/mol. The highest BCUT2D eigenvalue weighted by molar-refractivity contribution is 7.99. The number of nitrogens with zero attached hydrogens (tertiary/aromatic N) is 1. The summed E-state index contributed by atoms with van der Waals surface area (Å²) in [6.07, 6.45) is 4.06. The average Bonchev–Trinajstić information content (AvgIpc) is 2.80. The van der Waals surface area contributed by atoms with Gasteiger partial charge in [0.1, 0.15) is 10.9 Å². The molecule has 0 aromatic heterocycles. The molecule has 1 fully saturated rings. The number of thioether (sulfide) groups is 1. The molecule has 5 N–H and O–H groups in total. The Bertz CT molecular complexity index is 888. The van der Waals surface area contributed by atoms with E-state index in [4.69, 9.17) is 5.73 Å². The summed E-state index contributed by atoms with van der Waals surface area (Å²) in [5.41, 5.74) is 7.22. The van der Waals surface area contributed by atoms with E-state index in [1.165, 1.54) is 0 Å². The summed E-state index contributed by atoms with van der Waals surface area (Å²) in [4.78, 5) is 15.3. The van der Waals surface area contributed by atoms with Crippen LogP contribution in [0.5, 0.6) is 0 Å². The van der Waals surface area contributed by atoms with Gasteiger partial charge in [0.25, 0.3) is 0 Å². The molecule has 0 radical (unpaired) electrons. The Morgan fingerprint density at radius 3 is 2.82 bits per heavy atom. The van der Waals surface area contributed by atoms with Gasteiger partial charge >= 0.3 is 0 Å². The summed E-state index contributed by atoms with van der Waals surface area (Å²) in [5.74, 6) is 1.82. The number of para-hydroxylation sites is 1. The van der Waals surface area contributed by atoms with Gasteiger partial charge in [-0.15, -0.1) is 0 Å². The Balaban J connectivity index is 1.75. The maximum atomic E-state index is 13.4. The highest BCUT2D eigenvalue weighted by atomic mass is 32.2. The van der Waals surface area contributed by atoms with Crippen molar-refractivity contribution in [2.45, 2.75) is 50.0 Å². The SMILES string of the molecule is CC1CNc2c(cccc2S(=O)(=O)N[C@@H](CSCCCN)C(=O)N2CCC(CCO)CC2)C1. The van der Waals surface area contributed by atoms with E-state index in [9.17, 15) is 18.3 Å². The third kappa shape index (κ3) is 7.08. The number of aliphatic hydroxyl groups is 1. The zero-order valence-corrected chi connectivity index (χ0v) is 21.1. The molecule has 0 bridgehead atoms. The molecule has 8 nitrogen and oxygen atoms in total. The number of fused-ring (bicyclic) bond motifs is 1. The molecule has 1 amide bonds. The first-order valence-electron chi connectivity index (χ1n) is 11.9. The number of benzene rings is 1. The third-order valence-electron chi connectivity index (χ3n) is 6.43. The van der Waals surface area contributed by atoms with Gasteiger partial charge in [-0.05, 0) is 67.9 Å². The first-order valence-corrected chi connectivity index (χ1v) is 14.5. The van der Waals surface area contributed by atoms with Crippen molar-refractivity contribution in [3.05, 3.63) is 23.8 Å². The number of carbonyl (C=O) groups is 1. The van der Waals surface area contributed by atoms with Crippen molar-refractivity contribution < 1.29 is 18.3 Å². The van der Waals surface area contributed by atoms with Gasteiger partial charge in [-0.1, -0.05) is 19.1 Å². The van der Waals surface area contributed by atoms with E-state index in [0.29, 0.717) is 42.9 Å². The minimum absolute atomic E-state index is 0.160. The summed E-state index contributed by atoms with van der Waals surface area (Å²) in [6.45, 7) is 4.76. The second-order valence-electron chi connectivity index (χ2n) is 9.15. The molecule has 2 aliphatic rings. The van der Waals surface area contributed by atoms with Crippen LogP contribution in [0.25, 0.3) is 0 Å². The van der Waals surface area contributed by atoms with Crippen molar-refractivity contribution >= 4 is 33.4 Å². The molecule has 0 saturated carbocycles. The minimum atomic E-state index is -3.90. The number of aliphatic hydroxyl groups excluding tert-OH is 1. The molecule has 0 aliphatic carbocycles. The number of piperidine rings is 1. The number of nitrogens with one attached hydrogen (secondary N) is 2. The van der Waals surface area contributed by atoms with Crippen LogP contribution < -0.4 is 15.8 Å². The Hall–Kier alpha value is -1.33. The van der Waals surface area contributed by atoms with E-state index in [-0.39, 0.29) is 17.4 Å². The fourth-order valence-corrected chi connectivity index (χ4v) is 7.05. The summed E-state index contributed by atoms with van der Waals surface area (Å²) in [7, 11) is -3.90. The van der Waals surface area contributed by atoms with Crippen LogP contribution in [0.3, 0.4) is 0 Å². The Morgan fingerprint density at radius 2 is 2.12 bits per heavy atom. The summed E-state index contributed by atoms with van der Waals surface area (Å²) >= 11 is 1.55. The van der Waals surface area contributed by atoms with Crippen LogP contribution >= 0.6 is 11.8 Å². The molecule has 3 rings (SSSR count).